The van der Waals surface area contributed by atoms with E-state index in [9.17, 15) is 22.0 Å². The van der Waals surface area contributed by atoms with Gasteiger partial charge in [0.2, 0.25) is 15.3 Å². The molecule has 0 radical (unpaired) electrons. The Morgan fingerprint density at radius 3 is 2.71 bits per heavy atom. The molecule has 45 heavy (non-hydrogen) atoms. The molecular weight excluding hydrogens is 606 g/mol. The van der Waals surface area contributed by atoms with Gasteiger partial charge in [-0.05, 0) is 49.2 Å². The molecule has 11 nitrogen and oxygen atoms in total. The molecule has 4 aromatic rings. The monoisotopic (exact) mass is 634 g/mol. The van der Waals surface area contributed by atoms with E-state index in [0.717, 1.165) is 42.0 Å². The van der Waals surface area contributed by atoms with Crippen molar-refractivity contribution in [3.8, 4) is 11.5 Å². The third-order valence-corrected chi connectivity index (χ3v) is 10.7. The molecule has 1 amide bonds. The van der Waals surface area contributed by atoms with Gasteiger partial charge in [-0.25, -0.2) is 27.2 Å². The number of amides is 1. The summed E-state index contributed by atoms with van der Waals surface area (Å²) in [7, 11) is -4.52. The van der Waals surface area contributed by atoms with Crippen LogP contribution >= 0.6 is 0 Å². The summed E-state index contributed by atoms with van der Waals surface area (Å²) in [5.41, 5.74) is 0.134. The van der Waals surface area contributed by atoms with E-state index in [1.165, 1.54) is 12.8 Å². The highest BCUT2D eigenvalue weighted by Gasteiger charge is 2.53. The van der Waals surface area contributed by atoms with E-state index in [1.54, 1.807) is 18.5 Å². The van der Waals surface area contributed by atoms with Crippen LogP contribution in [0.4, 0.5) is 26.1 Å². The number of carbonyl (C=O) groups is 1. The Kier molecular flexibility index (Phi) is 6.34. The second-order valence-corrected chi connectivity index (χ2v) is 14.0. The van der Waals surface area contributed by atoms with Crippen LogP contribution in [-0.2, 0) is 16.4 Å². The second-order valence-electron chi connectivity index (χ2n) is 11.9. The number of nitrogens with one attached hydrogen (secondary N) is 1. The predicted octanol–water partition coefficient (Wildman–Crippen LogP) is 4.08. The van der Waals surface area contributed by atoms with Gasteiger partial charge in [-0.15, -0.1) is 0 Å². The molecule has 3 aromatic heterocycles. The fourth-order valence-corrected chi connectivity index (χ4v) is 7.55. The standard InChI is InChI=1S/C31H28F2N6O5S/c32-21-11-19(12-24-27(21)43-9-4-25(33)45(24,41)42)30(40)36-15-20-13-22-18(14-35-20)1-2-26(37-22)39-8-10-44-28-23(3-7-34-29(28)39)38-16-31(17-38)5-6-31/h1-3,7,11-14,25H,4-6,8-10,15-17H2,(H,36,40)/t25-/m1/s1. The number of aromatic nitrogens is 3. The number of hydrogen-bond donors (Lipinski definition) is 1. The van der Waals surface area contributed by atoms with Crippen LogP contribution in [0.1, 0.15) is 35.3 Å². The molecule has 1 aromatic carbocycles. The van der Waals surface area contributed by atoms with Gasteiger partial charge in [-0.2, -0.15) is 0 Å². The number of pyridine rings is 3. The van der Waals surface area contributed by atoms with E-state index in [4.69, 9.17) is 14.5 Å². The molecule has 4 aliphatic rings. The van der Waals surface area contributed by atoms with E-state index in [1.807, 2.05) is 23.1 Å². The molecular formula is C31H28F2N6O5S. The van der Waals surface area contributed by atoms with Gasteiger partial charge in [0, 0.05) is 48.3 Å². The number of fused-ring (bicyclic) bond motifs is 3. The minimum atomic E-state index is -4.52. The lowest BCUT2D eigenvalue weighted by Crippen LogP contribution is -2.49. The Bertz CT molecular complexity index is 1980. The van der Waals surface area contributed by atoms with Gasteiger partial charge in [-0.3, -0.25) is 9.78 Å². The maximum absolute atomic E-state index is 14.7. The molecule has 2 fully saturated rings. The first-order valence-electron chi connectivity index (χ1n) is 14.7. The normalized spacial score (nSPS) is 20.7. The van der Waals surface area contributed by atoms with Gasteiger partial charge >= 0.3 is 0 Å². The SMILES string of the molecule is O=C(NCc1cc2nc(N3CCOc4c(N5CC6(CC6)C5)ccnc43)ccc2cn1)c1cc(F)c2c(c1)S(=O)(=O)[C@@H](F)CCO2. The molecule has 3 aliphatic heterocycles. The van der Waals surface area contributed by atoms with E-state index in [2.05, 4.69) is 20.2 Å². The lowest BCUT2D eigenvalue weighted by molar-refractivity contribution is 0.0949. The smallest absolute Gasteiger partial charge is 0.251 e. The first-order chi connectivity index (χ1) is 21.7. The summed E-state index contributed by atoms with van der Waals surface area (Å²) in [6.07, 6.45) is 5.59. The van der Waals surface area contributed by atoms with Crippen molar-refractivity contribution in [3.05, 3.63) is 65.9 Å². The molecule has 0 unspecified atom stereocenters. The van der Waals surface area contributed by atoms with Crippen molar-refractivity contribution in [2.24, 2.45) is 5.41 Å². The minimum absolute atomic E-state index is 0.0446. The number of alkyl halides is 1. The molecule has 1 N–H and O–H groups in total. The molecule has 1 saturated heterocycles. The third kappa shape index (κ3) is 4.78. The van der Waals surface area contributed by atoms with Gasteiger partial charge in [0.1, 0.15) is 17.3 Å². The van der Waals surface area contributed by atoms with Crippen LogP contribution in [0, 0.1) is 11.2 Å². The first kappa shape index (κ1) is 27.9. The van der Waals surface area contributed by atoms with Gasteiger partial charge in [0.25, 0.3) is 5.91 Å². The van der Waals surface area contributed by atoms with Crippen LogP contribution in [0.2, 0.25) is 0 Å². The number of rotatable bonds is 5. The lowest BCUT2D eigenvalue weighted by Gasteiger charge is -2.43. The van der Waals surface area contributed by atoms with Crippen LogP contribution < -0.4 is 24.6 Å². The van der Waals surface area contributed by atoms with Crippen molar-refractivity contribution in [3.63, 3.8) is 0 Å². The van der Waals surface area contributed by atoms with Gasteiger partial charge in [0.05, 0.1) is 36.6 Å². The Morgan fingerprint density at radius 2 is 1.89 bits per heavy atom. The highest BCUT2D eigenvalue weighted by Crippen LogP contribution is 2.56. The molecule has 232 valence electrons. The fraction of sp³-hybridized carbons (Fsp3) is 0.355. The number of anilines is 3. The number of benzene rings is 1. The van der Waals surface area contributed by atoms with Crippen LogP contribution in [0.3, 0.4) is 0 Å². The van der Waals surface area contributed by atoms with Crippen molar-refractivity contribution >= 4 is 44.0 Å². The molecule has 14 heteroatoms. The maximum Gasteiger partial charge on any atom is 0.251 e. The van der Waals surface area contributed by atoms with Gasteiger partial charge < -0.3 is 24.6 Å². The fourth-order valence-electron chi connectivity index (χ4n) is 6.17. The van der Waals surface area contributed by atoms with Crippen molar-refractivity contribution in [1.29, 1.82) is 0 Å². The van der Waals surface area contributed by atoms with E-state index >= 15 is 0 Å². The van der Waals surface area contributed by atoms with Crippen molar-refractivity contribution < 1.29 is 31.5 Å². The largest absolute Gasteiger partial charge is 0.489 e. The van der Waals surface area contributed by atoms with Crippen molar-refractivity contribution in [1.82, 2.24) is 20.3 Å². The zero-order valence-corrected chi connectivity index (χ0v) is 24.8. The number of halogens is 2. The van der Waals surface area contributed by atoms with Crippen LogP contribution in [0.5, 0.6) is 11.5 Å². The molecule has 0 bridgehead atoms. The molecule has 1 spiro atoms. The quantitative estimate of drug-likeness (QED) is 0.343. The van der Waals surface area contributed by atoms with E-state index in [0.29, 0.717) is 41.4 Å². The number of hydrogen-bond acceptors (Lipinski definition) is 10. The average molecular weight is 635 g/mol. The van der Waals surface area contributed by atoms with Crippen LogP contribution in [-0.4, -0.2) is 67.6 Å². The lowest BCUT2D eigenvalue weighted by atomic mass is 9.96. The number of ether oxygens (including phenoxy) is 2. The van der Waals surface area contributed by atoms with Crippen molar-refractivity contribution in [2.45, 2.75) is 36.2 Å². The summed E-state index contributed by atoms with van der Waals surface area (Å²) in [5.74, 6) is -0.226. The van der Waals surface area contributed by atoms with E-state index < -0.39 is 44.1 Å². The summed E-state index contributed by atoms with van der Waals surface area (Å²) in [6.45, 7) is 2.80. The Labute approximate surface area is 257 Å². The highest BCUT2D eigenvalue weighted by molar-refractivity contribution is 7.92. The summed E-state index contributed by atoms with van der Waals surface area (Å²) >= 11 is 0. The summed E-state index contributed by atoms with van der Waals surface area (Å²) < 4.78 is 65.4. The zero-order valence-electron chi connectivity index (χ0n) is 24.0. The molecule has 1 saturated carbocycles. The Hall–Kier alpha value is -4.59. The molecule has 8 rings (SSSR count). The second kappa shape index (κ2) is 10.2. The summed E-state index contributed by atoms with van der Waals surface area (Å²) in [6, 6.07) is 9.37. The first-order valence-corrected chi connectivity index (χ1v) is 16.3. The summed E-state index contributed by atoms with van der Waals surface area (Å²) in [5, 5.41) is 3.42. The van der Waals surface area contributed by atoms with E-state index in [-0.39, 0.29) is 18.7 Å². The van der Waals surface area contributed by atoms with Gasteiger partial charge in [-0.1, -0.05) is 0 Å². The van der Waals surface area contributed by atoms with Crippen molar-refractivity contribution in [2.75, 3.05) is 42.6 Å². The number of nitrogens with zero attached hydrogens (tertiary/aromatic N) is 5. The predicted molar refractivity (Wildman–Crippen MR) is 160 cm³/mol. The average Bonchev–Trinajstić information content (AvgIpc) is 3.85. The van der Waals surface area contributed by atoms with Gasteiger partial charge in [0.15, 0.2) is 23.1 Å². The number of sulfone groups is 1. The van der Waals surface area contributed by atoms with Crippen LogP contribution in [0.25, 0.3) is 10.9 Å². The molecule has 1 aliphatic carbocycles. The van der Waals surface area contributed by atoms with Crippen LogP contribution in [0.15, 0.2) is 53.7 Å². The molecule has 1 atom stereocenters. The molecule has 6 heterocycles. The number of carbonyl (C=O) groups excluding carboxylic acids is 1. The zero-order chi connectivity index (χ0) is 30.9. The third-order valence-electron chi connectivity index (χ3n) is 8.86. The Balaban J connectivity index is 1.02. The minimum Gasteiger partial charge on any atom is -0.489 e. The summed E-state index contributed by atoms with van der Waals surface area (Å²) in [4.78, 5) is 30.6. The maximum atomic E-state index is 14.7. The highest BCUT2D eigenvalue weighted by atomic mass is 32.2. The Morgan fingerprint density at radius 1 is 1.07 bits per heavy atom. The topological polar surface area (TPSA) is 127 Å².